The van der Waals surface area contributed by atoms with E-state index >= 15 is 0 Å². The van der Waals surface area contributed by atoms with Crippen LogP contribution in [0.5, 0.6) is 0 Å². The van der Waals surface area contributed by atoms with E-state index in [1.165, 1.54) is 10.4 Å². The van der Waals surface area contributed by atoms with Crippen molar-refractivity contribution < 1.29 is 27.5 Å². The second-order valence-corrected chi connectivity index (χ2v) is 13.8. The van der Waals surface area contributed by atoms with Gasteiger partial charge < -0.3 is 14.8 Å². The van der Waals surface area contributed by atoms with Gasteiger partial charge in [0.25, 0.3) is 5.91 Å². The third kappa shape index (κ3) is 6.14. The van der Waals surface area contributed by atoms with Gasteiger partial charge in [0.1, 0.15) is 0 Å². The maximum Gasteiger partial charge on any atom is 0.339 e. The molecule has 1 aliphatic carbocycles. The Kier molecular flexibility index (Phi) is 8.18. The molecule has 1 atom stereocenters. The Bertz CT molecular complexity index is 1590. The number of nitrogens with one attached hydrogen (secondary N) is 1. The Balaban J connectivity index is 1.34. The number of aryl methyl sites for hydroxylation is 2. The highest BCUT2D eigenvalue weighted by atomic mass is 32.2. The molecular weight excluding hydrogens is 542 g/mol. The highest BCUT2D eigenvalue weighted by Gasteiger charge is 2.33. The van der Waals surface area contributed by atoms with Crippen LogP contribution >= 0.6 is 0 Å². The summed E-state index contributed by atoms with van der Waals surface area (Å²) in [6, 6.07) is 12.2. The van der Waals surface area contributed by atoms with Crippen LogP contribution in [0.4, 0.5) is 5.69 Å². The molecule has 2 aliphatic rings. The lowest BCUT2D eigenvalue weighted by Crippen LogP contribution is -2.40. The van der Waals surface area contributed by atoms with Gasteiger partial charge in [0.05, 0.1) is 29.2 Å². The van der Waals surface area contributed by atoms with Crippen molar-refractivity contribution in [1.82, 2.24) is 9.29 Å². The first-order valence-electron chi connectivity index (χ1n) is 14.0. The summed E-state index contributed by atoms with van der Waals surface area (Å²) in [7, 11) is -3.75. The minimum atomic E-state index is -3.75. The summed E-state index contributed by atoms with van der Waals surface area (Å²) in [6.45, 7) is 9.07. The van der Waals surface area contributed by atoms with Crippen LogP contribution in [0.1, 0.15) is 54.4 Å². The number of anilines is 1. The highest BCUT2D eigenvalue weighted by Crippen LogP contribution is 2.39. The first-order valence-corrected chi connectivity index (χ1v) is 15.4. The van der Waals surface area contributed by atoms with Gasteiger partial charge in [-0.2, -0.15) is 4.31 Å². The van der Waals surface area contributed by atoms with Gasteiger partial charge in [0, 0.05) is 29.9 Å². The lowest BCUT2D eigenvalue weighted by Gasteiger charge is -2.35. The number of pyridine rings is 1. The van der Waals surface area contributed by atoms with Crippen LogP contribution in [0.3, 0.4) is 0 Å². The van der Waals surface area contributed by atoms with Gasteiger partial charge >= 0.3 is 5.97 Å². The number of sulfonamides is 1. The van der Waals surface area contributed by atoms with Crippen LogP contribution < -0.4 is 5.32 Å². The number of rotatable bonds is 6. The fourth-order valence-electron chi connectivity index (χ4n) is 5.64. The molecule has 10 heteroatoms. The number of esters is 1. The molecule has 1 aliphatic heterocycles. The number of aromatic nitrogens is 1. The van der Waals surface area contributed by atoms with Crippen molar-refractivity contribution >= 4 is 38.5 Å². The number of ether oxygens (including phenoxy) is 2. The lowest BCUT2D eigenvalue weighted by molar-refractivity contribution is -0.119. The van der Waals surface area contributed by atoms with Crippen molar-refractivity contribution in [1.29, 1.82) is 0 Å². The van der Waals surface area contributed by atoms with Gasteiger partial charge in [-0.1, -0.05) is 45.0 Å². The van der Waals surface area contributed by atoms with Crippen LogP contribution in [0, 0.1) is 18.3 Å². The van der Waals surface area contributed by atoms with Crippen molar-refractivity contribution in [2.45, 2.75) is 51.9 Å². The summed E-state index contributed by atoms with van der Waals surface area (Å²) in [5.41, 5.74) is 3.97. The zero-order chi connectivity index (χ0) is 29.4. The normalized spacial score (nSPS) is 18.1. The molecule has 1 saturated heterocycles. The highest BCUT2D eigenvalue weighted by molar-refractivity contribution is 7.89. The number of morpholine rings is 1. The number of carbonyl (C=O) groups excluding carboxylic acids is 2. The first-order chi connectivity index (χ1) is 19.4. The largest absolute Gasteiger partial charge is 0.452 e. The number of para-hydroxylation sites is 1. The molecule has 1 fully saturated rings. The Morgan fingerprint density at radius 2 is 1.85 bits per heavy atom. The number of nitrogens with zero attached hydrogens (tertiary/aromatic N) is 2. The number of hydrogen-bond acceptors (Lipinski definition) is 7. The van der Waals surface area contributed by atoms with Crippen molar-refractivity contribution in [3.05, 3.63) is 64.8 Å². The maximum absolute atomic E-state index is 13.5. The number of benzene rings is 2. The monoisotopic (exact) mass is 579 g/mol. The third-order valence-electron chi connectivity index (χ3n) is 8.08. The standard InChI is InChI=1S/C31H37N3O6S/c1-20-9-11-22(18-27(20)41(37,38)34-13-15-39-16-14-34)32-28(35)19-40-30(36)29-23-7-5-6-8-25(23)33-26-12-10-21(17-24(26)29)31(2,3)4/h5-9,11,18,21H,10,12-17,19H2,1-4H3,(H,32,35)/t21-/m0/s1. The molecule has 0 bridgehead atoms. The molecule has 9 nitrogen and oxygen atoms in total. The molecule has 41 heavy (non-hydrogen) atoms. The van der Waals surface area contributed by atoms with Gasteiger partial charge in [-0.3, -0.25) is 9.78 Å². The molecule has 0 unspecified atom stereocenters. The van der Waals surface area contributed by atoms with Crippen LogP contribution in [0.2, 0.25) is 0 Å². The zero-order valence-corrected chi connectivity index (χ0v) is 24.8. The molecule has 0 radical (unpaired) electrons. The maximum atomic E-state index is 13.5. The number of amides is 1. The fourth-order valence-corrected chi connectivity index (χ4v) is 7.30. The van der Waals surface area contributed by atoms with Crippen molar-refractivity contribution in [3.63, 3.8) is 0 Å². The second kappa shape index (κ2) is 11.5. The Morgan fingerprint density at radius 3 is 2.59 bits per heavy atom. The molecular formula is C31H37N3O6S. The molecule has 218 valence electrons. The molecule has 5 rings (SSSR count). The summed E-state index contributed by atoms with van der Waals surface area (Å²) < 4.78 is 38.6. The van der Waals surface area contributed by atoms with Gasteiger partial charge in [-0.25, -0.2) is 13.2 Å². The van der Waals surface area contributed by atoms with Crippen LogP contribution in [0.25, 0.3) is 10.9 Å². The van der Waals surface area contributed by atoms with Gasteiger partial charge in [0.2, 0.25) is 10.0 Å². The minimum absolute atomic E-state index is 0.0759. The quantitative estimate of drug-likeness (QED) is 0.427. The van der Waals surface area contributed by atoms with E-state index in [1.807, 2.05) is 24.3 Å². The summed E-state index contributed by atoms with van der Waals surface area (Å²) in [5.74, 6) is -0.738. The van der Waals surface area contributed by atoms with Crippen molar-refractivity contribution in [3.8, 4) is 0 Å². The van der Waals surface area contributed by atoms with Crippen LogP contribution in [-0.2, 0) is 37.1 Å². The summed E-state index contributed by atoms with van der Waals surface area (Å²) in [5, 5.41) is 3.39. The third-order valence-corrected chi connectivity index (χ3v) is 10.1. The van der Waals surface area contributed by atoms with E-state index in [4.69, 9.17) is 14.5 Å². The minimum Gasteiger partial charge on any atom is -0.452 e. The van der Waals surface area contributed by atoms with E-state index in [-0.39, 0.29) is 23.4 Å². The van der Waals surface area contributed by atoms with E-state index in [1.54, 1.807) is 19.1 Å². The Labute approximate surface area is 241 Å². The van der Waals surface area contributed by atoms with E-state index < -0.39 is 28.5 Å². The number of hydrogen-bond donors (Lipinski definition) is 1. The molecule has 2 aromatic carbocycles. The van der Waals surface area contributed by atoms with E-state index in [9.17, 15) is 18.0 Å². The van der Waals surface area contributed by atoms with Gasteiger partial charge in [-0.15, -0.1) is 0 Å². The molecule has 2 heterocycles. The summed E-state index contributed by atoms with van der Waals surface area (Å²) >= 11 is 0. The van der Waals surface area contributed by atoms with Crippen LogP contribution in [0.15, 0.2) is 47.4 Å². The van der Waals surface area contributed by atoms with Gasteiger partial charge in [-0.05, 0) is 66.8 Å². The molecule has 1 aromatic heterocycles. The average molecular weight is 580 g/mol. The predicted molar refractivity (Wildman–Crippen MR) is 156 cm³/mol. The molecule has 0 spiro atoms. The summed E-state index contributed by atoms with van der Waals surface area (Å²) in [4.78, 5) is 31.4. The molecule has 1 amide bonds. The average Bonchev–Trinajstić information content (AvgIpc) is 2.95. The van der Waals surface area contributed by atoms with E-state index in [2.05, 4.69) is 26.1 Å². The van der Waals surface area contributed by atoms with E-state index in [0.717, 1.165) is 36.0 Å². The van der Waals surface area contributed by atoms with Crippen molar-refractivity contribution in [2.24, 2.45) is 11.3 Å². The molecule has 0 saturated carbocycles. The predicted octanol–water partition coefficient (Wildman–Crippen LogP) is 4.51. The van der Waals surface area contributed by atoms with Gasteiger partial charge in [0.15, 0.2) is 6.61 Å². The van der Waals surface area contributed by atoms with Crippen molar-refractivity contribution in [2.75, 3.05) is 38.2 Å². The smallest absolute Gasteiger partial charge is 0.339 e. The second-order valence-electron chi connectivity index (χ2n) is 11.9. The summed E-state index contributed by atoms with van der Waals surface area (Å²) in [6.07, 6.45) is 2.50. The SMILES string of the molecule is Cc1ccc(NC(=O)COC(=O)c2c3c(nc4ccccc24)CC[C@H](C(C)(C)C)C3)cc1S(=O)(=O)N1CCOCC1. The Morgan fingerprint density at radius 1 is 1.12 bits per heavy atom. The fraction of sp³-hybridized carbons (Fsp3) is 0.452. The molecule has 1 N–H and O–H groups in total. The van der Waals surface area contributed by atoms with Crippen LogP contribution in [-0.4, -0.2) is 62.5 Å². The van der Waals surface area contributed by atoms with E-state index in [0.29, 0.717) is 41.3 Å². The topological polar surface area (TPSA) is 115 Å². The number of fused-ring (bicyclic) bond motifs is 2. The molecule has 3 aromatic rings. The lowest BCUT2D eigenvalue weighted by atomic mass is 9.70. The first kappa shape index (κ1) is 29.2. The number of carbonyl (C=O) groups is 2. The zero-order valence-electron chi connectivity index (χ0n) is 24.0. The Hall–Kier alpha value is -3.34.